The van der Waals surface area contributed by atoms with Gasteiger partial charge in [-0.25, -0.2) is 0 Å². The van der Waals surface area contributed by atoms with Crippen molar-refractivity contribution < 1.29 is 0 Å². The molecular weight excluding hydrogens is 358 g/mol. The summed E-state index contributed by atoms with van der Waals surface area (Å²) in [6.45, 7) is 0. The summed E-state index contributed by atoms with van der Waals surface area (Å²) >= 11 is 24.3. The first-order valence-electron chi connectivity index (χ1n) is 6.56. The Morgan fingerprint density at radius 3 is 1.55 bits per heavy atom. The molecule has 0 nitrogen and oxygen atoms in total. The second kappa shape index (κ2) is 6.52. The average Bonchev–Trinajstić information content (AvgIpc) is 2.54. The molecule has 3 rings (SSSR count). The molecule has 0 saturated heterocycles. The number of halogens is 4. The predicted molar refractivity (Wildman–Crippen MR) is 97.4 cm³/mol. The van der Waals surface area contributed by atoms with E-state index in [1.54, 1.807) is 6.07 Å². The zero-order valence-electron chi connectivity index (χ0n) is 11.3. The van der Waals surface area contributed by atoms with Gasteiger partial charge in [0.2, 0.25) is 0 Å². The Balaban J connectivity index is 1.98. The maximum absolute atomic E-state index is 6.28. The molecule has 0 bridgehead atoms. The molecule has 0 radical (unpaired) electrons. The van der Waals surface area contributed by atoms with Gasteiger partial charge in [0.05, 0.1) is 15.1 Å². The third-order valence-corrected chi connectivity index (χ3v) is 4.95. The first-order valence-corrected chi connectivity index (χ1v) is 8.07. The number of rotatable bonds is 2. The van der Waals surface area contributed by atoms with Crippen molar-refractivity contribution in [2.24, 2.45) is 0 Å². The molecule has 4 heteroatoms. The normalized spacial score (nSPS) is 10.7. The molecule has 3 aromatic carbocycles. The van der Waals surface area contributed by atoms with E-state index in [0.717, 1.165) is 27.3 Å². The van der Waals surface area contributed by atoms with Crippen LogP contribution in [0.4, 0.5) is 0 Å². The lowest BCUT2D eigenvalue weighted by Crippen LogP contribution is -1.83. The smallest absolute Gasteiger partial charge is 0.0784 e. The van der Waals surface area contributed by atoms with Crippen LogP contribution >= 0.6 is 46.4 Å². The molecule has 0 unspecified atom stereocenters. The first kappa shape index (κ1) is 15.7. The molecule has 3 aromatic rings. The summed E-state index contributed by atoms with van der Waals surface area (Å²) in [4.78, 5) is 0. The minimum Gasteiger partial charge on any atom is -0.0843 e. The van der Waals surface area contributed by atoms with Gasteiger partial charge in [-0.3, -0.25) is 0 Å². The van der Waals surface area contributed by atoms with Gasteiger partial charge in [-0.2, -0.15) is 0 Å². The second-order valence-corrected chi connectivity index (χ2v) is 6.41. The maximum atomic E-state index is 6.28. The van der Waals surface area contributed by atoms with Crippen LogP contribution < -0.4 is 0 Å². The lowest BCUT2D eigenvalue weighted by atomic mass is 10.0. The van der Waals surface area contributed by atoms with Crippen molar-refractivity contribution in [2.75, 3.05) is 0 Å². The Kier molecular flexibility index (Phi) is 4.65. The van der Waals surface area contributed by atoms with Gasteiger partial charge in [-0.1, -0.05) is 88.9 Å². The fraction of sp³-hybridized carbons (Fsp3) is 0. The molecule has 0 aliphatic rings. The van der Waals surface area contributed by atoms with E-state index >= 15 is 0 Å². The summed E-state index contributed by atoms with van der Waals surface area (Å²) in [5.41, 5.74) is 4.06. The molecule has 0 heterocycles. The van der Waals surface area contributed by atoms with Crippen LogP contribution in [0, 0.1) is 0 Å². The van der Waals surface area contributed by atoms with Gasteiger partial charge < -0.3 is 0 Å². The predicted octanol–water partition coefficient (Wildman–Crippen LogP) is 7.63. The molecule has 0 N–H and O–H groups in total. The highest BCUT2D eigenvalue weighted by Gasteiger charge is 2.10. The monoisotopic (exact) mass is 366 g/mol. The summed E-state index contributed by atoms with van der Waals surface area (Å²) in [5, 5.41) is 2.02. The SMILES string of the molecule is Clc1ccc(-c2ccc(-c3ccc(Cl)c(Cl)c3Cl)cc2)cc1. The van der Waals surface area contributed by atoms with E-state index in [9.17, 15) is 0 Å². The van der Waals surface area contributed by atoms with Crippen molar-refractivity contribution in [3.63, 3.8) is 0 Å². The van der Waals surface area contributed by atoms with Crippen LogP contribution in [0.2, 0.25) is 20.1 Å². The topological polar surface area (TPSA) is 0 Å². The van der Waals surface area contributed by atoms with E-state index in [4.69, 9.17) is 46.4 Å². The molecule has 0 aliphatic heterocycles. The average molecular weight is 368 g/mol. The molecule has 0 saturated carbocycles. The summed E-state index contributed by atoms with van der Waals surface area (Å²) in [7, 11) is 0. The minimum atomic E-state index is 0.377. The second-order valence-electron chi connectivity index (χ2n) is 4.81. The van der Waals surface area contributed by atoms with Crippen molar-refractivity contribution >= 4 is 46.4 Å². The van der Waals surface area contributed by atoms with Crippen LogP contribution in [0.25, 0.3) is 22.3 Å². The number of benzene rings is 3. The van der Waals surface area contributed by atoms with Gasteiger partial charge in [0.15, 0.2) is 0 Å². The van der Waals surface area contributed by atoms with Crippen LogP contribution in [0.5, 0.6) is 0 Å². The quantitative estimate of drug-likeness (QED) is 0.408. The third-order valence-electron chi connectivity index (χ3n) is 3.41. The Hall–Kier alpha value is -1.18. The van der Waals surface area contributed by atoms with Gasteiger partial charge in [0.25, 0.3) is 0 Å². The Labute approximate surface area is 149 Å². The van der Waals surface area contributed by atoms with Crippen molar-refractivity contribution in [1.29, 1.82) is 0 Å². The van der Waals surface area contributed by atoms with Gasteiger partial charge >= 0.3 is 0 Å². The van der Waals surface area contributed by atoms with Crippen molar-refractivity contribution in [2.45, 2.75) is 0 Å². The molecule has 0 amide bonds. The van der Waals surface area contributed by atoms with Gasteiger partial charge in [-0.05, 0) is 34.9 Å². The molecule has 0 spiro atoms. The van der Waals surface area contributed by atoms with Crippen molar-refractivity contribution in [3.05, 3.63) is 80.8 Å². The van der Waals surface area contributed by atoms with Crippen LogP contribution in [0.3, 0.4) is 0 Å². The van der Waals surface area contributed by atoms with E-state index in [0.29, 0.717) is 15.1 Å². The molecule has 0 aliphatic carbocycles. The maximum Gasteiger partial charge on any atom is 0.0784 e. The number of hydrogen-bond acceptors (Lipinski definition) is 0. The molecule has 0 fully saturated rings. The highest BCUT2D eigenvalue weighted by molar-refractivity contribution is 6.49. The summed E-state index contributed by atoms with van der Waals surface area (Å²) in [6.07, 6.45) is 0. The highest BCUT2D eigenvalue weighted by Crippen LogP contribution is 2.38. The lowest BCUT2D eigenvalue weighted by molar-refractivity contribution is 1.59. The van der Waals surface area contributed by atoms with Gasteiger partial charge in [0.1, 0.15) is 0 Å². The van der Waals surface area contributed by atoms with Crippen LogP contribution in [-0.4, -0.2) is 0 Å². The van der Waals surface area contributed by atoms with Crippen LogP contribution in [-0.2, 0) is 0 Å². The molecular formula is C18H10Cl4. The molecule has 0 atom stereocenters. The Bertz CT molecular complexity index is 806. The number of hydrogen-bond donors (Lipinski definition) is 0. The molecule has 110 valence electrons. The zero-order chi connectivity index (χ0) is 15.7. The van der Waals surface area contributed by atoms with Gasteiger partial charge in [0, 0.05) is 10.6 Å². The van der Waals surface area contributed by atoms with Crippen LogP contribution in [0.15, 0.2) is 60.7 Å². The summed E-state index contributed by atoms with van der Waals surface area (Å²) in [6, 6.07) is 19.4. The first-order chi connectivity index (χ1) is 10.6. The lowest BCUT2D eigenvalue weighted by Gasteiger charge is -2.09. The van der Waals surface area contributed by atoms with E-state index in [1.807, 2.05) is 54.6 Å². The Morgan fingerprint density at radius 2 is 0.955 bits per heavy atom. The van der Waals surface area contributed by atoms with Crippen molar-refractivity contribution in [3.8, 4) is 22.3 Å². The zero-order valence-corrected chi connectivity index (χ0v) is 14.3. The fourth-order valence-electron chi connectivity index (χ4n) is 2.23. The summed E-state index contributed by atoms with van der Waals surface area (Å²) < 4.78 is 0. The van der Waals surface area contributed by atoms with E-state index in [2.05, 4.69) is 0 Å². The van der Waals surface area contributed by atoms with E-state index in [1.165, 1.54) is 0 Å². The fourth-order valence-corrected chi connectivity index (χ4v) is 3.00. The van der Waals surface area contributed by atoms with Crippen LogP contribution in [0.1, 0.15) is 0 Å². The minimum absolute atomic E-state index is 0.377. The molecule has 22 heavy (non-hydrogen) atoms. The highest BCUT2D eigenvalue weighted by atomic mass is 35.5. The molecule has 0 aromatic heterocycles. The third kappa shape index (κ3) is 3.11. The standard InChI is InChI=1S/C18H10Cl4/c19-14-7-5-12(6-8-14)11-1-3-13(4-2-11)15-9-10-16(20)18(22)17(15)21/h1-10H. The van der Waals surface area contributed by atoms with E-state index in [-0.39, 0.29) is 0 Å². The van der Waals surface area contributed by atoms with Gasteiger partial charge in [-0.15, -0.1) is 0 Å². The van der Waals surface area contributed by atoms with E-state index < -0.39 is 0 Å². The summed E-state index contributed by atoms with van der Waals surface area (Å²) in [5.74, 6) is 0. The van der Waals surface area contributed by atoms with Crippen molar-refractivity contribution in [1.82, 2.24) is 0 Å². The Morgan fingerprint density at radius 1 is 0.455 bits per heavy atom. The largest absolute Gasteiger partial charge is 0.0843 e.